The second kappa shape index (κ2) is 5.95. The molecule has 1 heterocycles. The molecule has 100 valence electrons. The average molecular weight is 287 g/mol. The number of methoxy groups -OCH3 is 1. The Labute approximate surface area is 118 Å². The van der Waals surface area contributed by atoms with E-state index in [2.05, 4.69) is 15.0 Å². The lowest BCUT2D eigenvalue weighted by molar-refractivity contribution is 0.0606. The largest absolute Gasteiger partial charge is 0.465 e. The maximum Gasteiger partial charge on any atom is 0.349 e. The van der Waals surface area contributed by atoms with Crippen LogP contribution in [0.2, 0.25) is 0 Å². The molecule has 0 bridgehead atoms. The molecule has 0 saturated carbocycles. The fraction of sp³-hybridized carbons (Fsp3) is 0.0769. The highest BCUT2D eigenvalue weighted by molar-refractivity contribution is 7.17. The fourth-order valence-electron chi connectivity index (χ4n) is 1.43. The van der Waals surface area contributed by atoms with E-state index in [1.165, 1.54) is 19.4 Å². The molecule has 0 saturated heterocycles. The van der Waals surface area contributed by atoms with Crippen LogP contribution in [-0.2, 0) is 4.74 Å². The molecule has 0 aliphatic heterocycles. The number of carbonyl (C=O) groups excluding carboxylic acids is 2. The quantitative estimate of drug-likeness (QED) is 0.872. The van der Waals surface area contributed by atoms with Gasteiger partial charge in [-0.2, -0.15) is 5.26 Å². The van der Waals surface area contributed by atoms with Gasteiger partial charge in [0.2, 0.25) is 0 Å². The molecule has 0 aliphatic carbocycles. The monoisotopic (exact) mass is 287 g/mol. The Balaban J connectivity index is 2.13. The number of thiazole rings is 1. The van der Waals surface area contributed by atoms with E-state index in [0.717, 1.165) is 11.3 Å². The van der Waals surface area contributed by atoms with Gasteiger partial charge in [0.15, 0.2) is 5.13 Å². The molecular weight excluding hydrogens is 278 g/mol. The molecule has 1 aromatic heterocycles. The number of amides is 1. The van der Waals surface area contributed by atoms with Crippen LogP contribution >= 0.6 is 11.3 Å². The smallest absolute Gasteiger partial charge is 0.349 e. The highest BCUT2D eigenvalue weighted by Crippen LogP contribution is 2.19. The van der Waals surface area contributed by atoms with Crippen molar-refractivity contribution in [1.82, 2.24) is 4.98 Å². The molecule has 0 atom stereocenters. The minimum absolute atomic E-state index is 0.290. The molecule has 0 fully saturated rings. The summed E-state index contributed by atoms with van der Waals surface area (Å²) in [6, 6.07) is 8.25. The molecule has 1 N–H and O–H groups in total. The summed E-state index contributed by atoms with van der Waals surface area (Å²) in [5.74, 6) is -0.901. The molecule has 1 amide bonds. The molecule has 0 unspecified atom stereocenters. The number of benzene rings is 1. The van der Waals surface area contributed by atoms with Gasteiger partial charge < -0.3 is 4.74 Å². The van der Waals surface area contributed by atoms with E-state index < -0.39 is 11.9 Å². The SMILES string of the molecule is COC(=O)c1cnc(NC(=O)c2cccc(C#N)c2)s1. The standard InChI is InChI=1S/C13H9N3O3S/c1-19-12(18)10-7-15-13(20-10)16-11(17)9-4-2-3-8(5-9)6-14/h2-5,7H,1H3,(H,15,16,17). The zero-order valence-electron chi connectivity index (χ0n) is 10.4. The van der Waals surface area contributed by atoms with Crippen LogP contribution < -0.4 is 5.32 Å². The van der Waals surface area contributed by atoms with Gasteiger partial charge >= 0.3 is 5.97 Å². The second-order valence-electron chi connectivity index (χ2n) is 3.67. The molecular formula is C13H9N3O3S. The molecule has 2 aromatic rings. The maximum absolute atomic E-state index is 12.0. The van der Waals surface area contributed by atoms with Crippen molar-refractivity contribution in [2.75, 3.05) is 12.4 Å². The molecule has 0 spiro atoms. The normalized spacial score (nSPS) is 9.60. The van der Waals surface area contributed by atoms with Crippen molar-refractivity contribution < 1.29 is 14.3 Å². The van der Waals surface area contributed by atoms with Crippen molar-refractivity contribution in [1.29, 1.82) is 5.26 Å². The summed E-state index contributed by atoms with van der Waals surface area (Å²) in [5.41, 5.74) is 0.742. The first-order valence-corrected chi connectivity index (χ1v) is 6.31. The highest BCUT2D eigenvalue weighted by atomic mass is 32.1. The number of carbonyl (C=O) groups is 2. The van der Waals surface area contributed by atoms with Gasteiger partial charge in [0, 0.05) is 5.56 Å². The van der Waals surface area contributed by atoms with Gasteiger partial charge in [0.1, 0.15) is 4.88 Å². The third kappa shape index (κ3) is 2.99. The van der Waals surface area contributed by atoms with Crippen molar-refractivity contribution >= 4 is 28.3 Å². The number of anilines is 1. The van der Waals surface area contributed by atoms with Crippen molar-refractivity contribution in [3.05, 3.63) is 46.5 Å². The number of nitrogens with one attached hydrogen (secondary N) is 1. The molecule has 1 aromatic carbocycles. The van der Waals surface area contributed by atoms with Crippen LogP contribution in [0.25, 0.3) is 0 Å². The summed E-state index contributed by atoms with van der Waals surface area (Å²) >= 11 is 1.02. The van der Waals surface area contributed by atoms with E-state index in [-0.39, 0.29) is 5.13 Å². The molecule has 2 rings (SSSR count). The number of ether oxygens (including phenoxy) is 1. The van der Waals surface area contributed by atoms with Gasteiger partial charge in [-0.1, -0.05) is 17.4 Å². The topological polar surface area (TPSA) is 92.1 Å². The molecule has 0 aliphatic rings. The van der Waals surface area contributed by atoms with Gasteiger partial charge in [-0.25, -0.2) is 9.78 Å². The van der Waals surface area contributed by atoms with E-state index in [0.29, 0.717) is 16.0 Å². The second-order valence-corrected chi connectivity index (χ2v) is 4.70. The third-order valence-corrected chi connectivity index (χ3v) is 3.26. The van der Waals surface area contributed by atoms with Gasteiger partial charge in [0.25, 0.3) is 5.91 Å². The Bertz CT molecular complexity index is 703. The Morgan fingerprint density at radius 3 is 2.95 bits per heavy atom. The number of rotatable bonds is 3. The van der Waals surface area contributed by atoms with Crippen molar-refractivity contribution in [3.63, 3.8) is 0 Å². The van der Waals surface area contributed by atoms with Gasteiger partial charge in [-0.3, -0.25) is 10.1 Å². The summed E-state index contributed by atoms with van der Waals surface area (Å²) in [6.07, 6.45) is 1.33. The number of nitriles is 1. The number of esters is 1. The fourth-order valence-corrected chi connectivity index (χ4v) is 2.16. The minimum atomic E-state index is -0.505. The molecule has 20 heavy (non-hydrogen) atoms. The van der Waals surface area contributed by atoms with E-state index >= 15 is 0 Å². The predicted molar refractivity (Wildman–Crippen MR) is 72.6 cm³/mol. The van der Waals surface area contributed by atoms with E-state index in [4.69, 9.17) is 5.26 Å². The van der Waals surface area contributed by atoms with Crippen LogP contribution in [0.3, 0.4) is 0 Å². The summed E-state index contributed by atoms with van der Waals surface area (Å²) in [4.78, 5) is 27.4. The number of hydrogen-bond donors (Lipinski definition) is 1. The van der Waals surface area contributed by atoms with Crippen LogP contribution in [0.5, 0.6) is 0 Å². The Morgan fingerprint density at radius 1 is 1.45 bits per heavy atom. The van der Waals surface area contributed by atoms with Gasteiger partial charge in [-0.15, -0.1) is 0 Å². The van der Waals surface area contributed by atoms with Crippen molar-refractivity contribution in [2.24, 2.45) is 0 Å². The maximum atomic E-state index is 12.0. The van der Waals surface area contributed by atoms with Gasteiger partial charge in [0.05, 0.1) is 24.9 Å². The minimum Gasteiger partial charge on any atom is -0.465 e. The Morgan fingerprint density at radius 2 is 2.25 bits per heavy atom. The predicted octanol–water partition coefficient (Wildman–Crippen LogP) is 2.05. The summed E-state index contributed by atoms with van der Waals surface area (Å²) in [6.45, 7) is 0. The van der Waals surface area contributed by atoms with Crippen molar-refractivity contribution in [3.8, 4) is 6.07 Å². The molecule has 0 radical (unpaired) electrons. The average Bonchev–Trinajstić information content (AvgIpc) is 2.95. The highest BCUT2D eigenvalue weighted by Gasteiger charge is 2.13. The summed E-state index contributed by atoms with van der Waals surface area (Å²) in [7, 11) is 1.27. The lowest BCUT2D eigenvalue weighted by Crippen LogP contribution is -2.11. The van der Waals surface area contributed by atoms with E-state index in [1.807, 2.05) is 6.07 Å². The Kier molecular flexibility index (Phi) is 4.08. The van der Waals surface area contributed by atoms with Crippen molar-refractivity contribution in [2.45, 2.75) is 0 Å². The van der Waals surface area contributed by atoms with E-state index in [1.54, 1.807) is 18.2 Å². The first-order valence-electron chi connectivity index (χ1n) is 5.49. The van der Waals surface area contributed by atoms with E-state index in [9.17, 15) is 9.59 Å². The lowest BCUT2D eigenvalue weighted by atomic mass is 10.1. The van der Waals surface area contributed by atoms with Gasteiger partial charge in [-0.05, 0) is 18.2 Å². The molecule has 6 nitrogen and oxygen atoms in total. The lowest BCUT2D eigenvalue weighted by Gasteiger charge is -2.01. The van der Waals surface area contributed by atoms with Crippen LogP contribution in [-0.4, -0.2) is 24.0 Å². The first-order chi connectivity index (χ1) is 9.63. The zero-order chi connectivity index (χ0) is 14.5. The van der Waals surface area contributed by atoms with Crippen LogP contribution in [0.4, 0.5) is 5.13 Å². The molecule has 7 heteroatoms. The third-order valence-electron chi connectivity index (χ3n) is 2.37. The summed E-state index contributed by atoms with van der Waals surface area (Å²) < 4.78 is 4.55. The first kappa shape index (κ1) is 13.7. The number of nitrogens with zero attached hydrogens (tertiary/aromatic N) is 2. The van der Waals surface area contributed by atoms with Crippen LogP contribution in [0, 0.1) is 11.3 Å². The van der Waals surface area contributed by atoms with Crippen LogP contribution in [0.1, 0.15) is 25.6 Å². The zero-order valence-corrected chi connectivity index (χ0v) is 11.2. The van der Waals surface area contributed by atoms with Crippen LogP contribution in [0.15, 0.2) is 30.5 Å². The number of aromatic nitrogens is 1. The summed E-state index contributed by atoms with van der Waals surface area (Å²) in [5, 5.41) is 11.6. The number of hydrogen-bond acceptors (Lipinski definition) is 6. The Hall–Kier alpha value is -2.72.